The van der Waals surface area contributed by atoms with Gasteiger partial charge in [0.1, 0.15) is 23.0 Å². The molecule has 1 N–H and O–H groups in total. The summed E-state index contributed by atoms with van der Waals surface area (Å²) < 4.78 is 21.8. The van der Waals surface area contributed by atoms with Crippen LogP contribution >= 0.6 is 0 Å². The smallest absolute Gasteiger partial charge is 0.295 e. The van der Waals surface area contributed by atoms with Crippen molar-refractivity contribution in [1.29, 1.82) is 0 Å². The maximum Gasteiger partial charge on any atom is 0.295 e. The van der Waals surface area contributed by atoms with Gasteiger partial charge in [-0.3, -0.25) is 9.59 Å². The van der Waals surface area contributed by atoms with Gasteiger partial charge in [0.25, 0.3) is 11.7 Å². The molecule has 1 heterocycles. The Bertz CT molecular complexity index is 1080. The van der Waals surface area contributed by atoms with E-state index in [4.69, 9.17) is 18.9 Å². The van der Waals surface area contributed by atoms with Crippen molar-refractivity contribution in [3.8, 4) is 17.2 Å². The van der Waals surface area contributed by atoms with Crippen LogP contribution in [0.3, 0.4) is 0 Å². The fourth-order valence-corrected chi connectivity index (χ4v) is 4.02. The number of carbonyl (C=O) groups excluding carboxylic acids is 2. The molecule has 0 aromatic heterocycles. The minimum atomic E-state index is -0.835. The van der Waals surface area contributed by atoms with Crippen LogP contribution < -0.4 is 14.2 Å². The molecule has 3 rings (SSSR count). The maximum absolute atomic E-state index is 13.3. The zero-order valence-electron chi connectivity index (χ0n) is 20.2. The molecule has 1 unspecified atom stereocenters. The summed E-state index contributed by atoms with van der Waals surface area (Å²) >= 11 is 0. The number of ether oxygens (including phenoxy) is 4. The Kier molecular flexibility index (Phi) is 8.17. The summed E-state index contributed by atoms with van der Waals surface area (Å²) in [4.78, 5) is 27.8. The number of ketones is 1. The Balaban J connectivity index is 2.22. The number of nitrogens with zero attached hydrogens (tertiary/aromatic N) is 1. The number of methoxy groups -OCH3 is 3. The summed E-state index contributed by atoms with van der Waals surface area (Å²) in [7, 11) is 4.55. The van der Waals surface area contributed by atoms with Gasteiger partial charge >= 0.3 is 0 Å². The molecule has 0 radical (unpaired) electrons. The zero-order chi connectivity index (χ0) is 24.8. The van der Waals surface area contributed by atoms with Crippen LogP contribution in [0.5, 0.6) is 17.2 Å². The van der Waals surface area contributed by atoms with E-state index in [1.165, 1.54) is 19.1 Å². The third kappa shape index (κ3) is 5.02. The lowest BCUT2D eigenvalue weighted by atomic mass is 9.94. The minimum Gasteiger partial charge on any atom is -0.507 e. The van der Waals surface area contributed by atoms with Crippen LogP contribution in [-0.2, 0) is 14.3 Å². The average molecular weight is 470 g/mol. The third-order valence-corrected chi connectivity index (χ3v) is 5.53. The summed E-state index contributed by atoms with van der Waals surface area (Å²) in [6.07, 6.45) is 0.401. The first kappa shape index (κ1) is 25.1. The van der Waals surface area contributed by atoms with Gasteiger partial charge in [0.15, 0.2) is 0 Å². The number of likely N-dealkylation sites (tertiary alicyclic amines) is 1. The molecule has 8 nitrogen and oxygen atoms in total. The number of rotatable bonds is 10. The molecule has 1 amide bonds. The predicted octanol–water partition coefficient (Wildman–Crippen LogP) is 3.95. The topological polar surface area (TPSA) is 94.5 Å². The van der Waals surface area contributed by atoms with E-state index >= 15 is 0 Å². The molecule has 34 heavy (non-hydrogen) atoms. The summed E-state index contributed by atoms with van der Waals surface area (Å²) in [5.74, 6) is -0.398. The number of amides is 1. The lowest BCUT2D eigenvalue weighted by Gasteiger charge is -2.27. The van der Waals surface area contributed by atoms with Crippen molar-refractivity contribution in [3.63, 3.8) is 0 Å². The number of carbonyl (C=O) groups is 2. The van der Waals surface area contributed by atoms with E-state index in [-0.39, 0.29) is 29.5 Å². The number of aliphatic hydroxyl groups is 1. The van der Waals surface area contributed by atoms with Gasteiger partial charge in [-0.05, 0) is 38.5 Å². The van der Waals surface area contributed by atoms with E-state index in [0.29, 0.717) is 35.8 Å². The molecule has 1 atom stereocenters. The summed E-state index contributed by atoms with van der Waals surface area (Å²) in [6, 6.07) is 11.2. The van der Waals surface area contributed by atoms with Crippen LogP contribution in [0.1, 0.15) is 37.4 Å². The van der Waals surface area contributed by atoms with Crippen molar-refractivity contribution in [3.05, 3.63) is 59.2 Å². The maximum atomic E-state index is 13.3. The van der Waals surface area contributed by atoms with Crippen LogP contribution in [0, 0.1) is 0 Å². The zero-order valence-corrected chi connectivity index (χ0v) is 20.2. The molecule has 8 heteroatoms. The first-order chi connectivity index (χ1) is 16.3. The molecule has 2 aromatic rings. The van der Waals surface area contributed by atoms with Gasteiger partial charge in [0.2, 0.25) is 0 Å². The van der Waals surface area contributed by atoms with Gasteiger partial charge in [-0.15, -0.1) is 0 Å². The molecule has 0 bridgehead atoms. The van der Waals surface area contributed by atoms with Crippen molar-refractivity contribution >= 4 is 17.4 Å². The van der Waals surface area contributed by atoms with E-state index in [2.05, 4.69) is 0 Å². The second-order valence-corrected chi connectivity index (χ2v) is 8.11. The molecule has 1 saturated heterocycles. The summed E-state index contributed by atoms with van der Waals surface area (Å²) in [6.45, 7) is 4.49. The minimum absolute atomic E-state index is 0.0225. The SMILES string of the molecule is COCCCN1C(=O)C(=O)/C(=C(/O)c2ccc(OC)cc2OC)C1c1ccccc1OC(C)C. The van der Waals surface area contributed by atoms with E-state index in [1.54, 1.807) is 37.4 Å². The monoisotopic (exact) mass is 469 g/mol. The second kappa shape index (κ2) is 11.1. The molecule has 182 valence electrons. The number of aliphatic hydroxyl groups excluding tert-OH is 1. The Morgan fingerprint density at radius 1 is 1.03 bits per heavy atom. The van der Waals surface area contributed by atoms with Crippen molar-refractivity contribution in [2.75, 3.05) is 34.5 Å². The predicted molar refractivity (Wildman–Crippen MR) is 127 cm³/mol. The lowest BCUT2D eigenvalue weighted by molar-refractivity contribution is -0.140. The number of hydrogen-bond donors (Lipinski definition) is 1. The standard InChI is InChI=1S/C26H31NO7/c1-16(2)34-20-10-7-6-9-18(20)23-22(25(29)26(30)27(23)13-8-14-31-3)24(28)19-12-11-17(32-4)15-21(19)33-5/h6-7,9-12,15-16,23,28H,8,13-14H2,1-5H3/b24-22+. The average Bonchev–Trinajstić information content (AvgIpc) is 3.08. The first-order valence-corrected chi connectivity index (χ1v) is 11.1. The van der Waals surface area contributed by atoms with Gasteiger partial charge in [-0.25, -0.2) is 0 Å². The van der Waals surface area contributed by atoms with Crippen molar-refractivity contribution < 1.29 is 33.6 Å². The van der Waals surface area contributed by atoms with Crippen molar-refractivity contribution in [2.45, 2.75) is 32.4 Å². The Morgan fingerprint density at radius 2 is 1.76 bits per heavy atom. The molecule has 2 aromatic carbocycles. The fraction of sp³-hybridized carbons (Fsp3) is 0.385. The molecule has 0 spiro atoms. The molecule has 0 saturated carbocycles. The van der Waals surface area contributed by atoms with Crippen molar-refractivity contribution in [2.24, 2.45) is 0 Å². The third-order valence-electron chi connectivity index (χ3n) is 5.53. The number of hydrogen-bond acceptors (Lipinski definition) is 7. The van der Waals surface area contributed by atoms with Gasteiger partial charge in [-0.1, -0.05) is 18.2 Å². The lowest BCUT2D eigenvalue weighted by Crippen LogP contribution is -2.31. The molecular formula is C26H31NO7. The Labute approximate surface area is 199 Å². The summed E-state index contributed by atoms with van der Waals surface area (Å²) in [5, 5.41) is 11.4. The largest absolute Gasteiger partial charge is 0.507 e. The van der Waals surface area contributed by atoms with Gasteiger partial charge in [0.05, 0.1) is 37.5 Å². The Morgan fingerprint density at radius 3 is 2.41 bits per heavy atom. The van der Waals surface area contributed by atoms with E-state index < -0.39 is 17.7 Å². The molecule has 0 aliphatic carbocycles. The molecule has 1 aliphatic heterocycles. The van der Waals surface area contributed by atoms with Crippen LogP contribution in [0.4, 0.5) is 0 Å². The highest BCUT2D eigenvalue weighted by molar-refractivity contribution is 6.46. The summed E-state index contributed by atoms with van der Waals surface area (Å²) in [5.41, 5.74) is 0.873. The van der Waals surface area contributed by atoms with Gasteiger partial charge < -0.3 is 29.0 Å². The molecule has 1 aliphatic rings. The number of benzene rings is 2. The van der Waals surface area contributed by atoms with Gasteiger partial charge in [0, 0.05) is 31.9 Å². The first-order valence-electron chi connectivity index (χ1n) is 11.1. The van der Waals surface area contributed by atoms with Crippen molar-refractivity contribution in [1.82, 2.24) is 4.90 Å². The van der Waals surface area contributed by atoms with Crippen LogP contribution in [0.2, 0.25) is 0 Å². The van der Waals surface area contributed by atoms with Crippen LogP contribution in [-0.4, -0.2) is 62.3 Å². The van der Waals surface area contributed by atoms with E-state index in [9.17, 15) is 14.7 Å². The molecular weight excluding hydrogens is 438 g/mol. The fourth-order valence-electron chi connectivity index (χ4n) is 4.02. The number of para-hydroxylation sites is 1. The highest BCUT2D eigenvalue weighted by Crippen LogP contribution is 2.44. The quantitative estimate of drug-likeness (QED) is 0.244. The normalized spacial score (nSPS) is 17.4. The van der Waals surface area contributed by atoms with Crippen LogP contribution in [0.15, 0.2) is 48.0 Å². The van der Waals surface area contributed by atoms with E-state index in [1.807, 2.05) is 26.0 Å². The van der Waals surface area contributed by atoms with Crippen LogP contribution in [0.25, 0.3) is 5.76 Å². The number of Topliss-reactive ketones (excluding diaryl/α,β-unsaturated/α-hetero) is 1. The van der Waals surface area contributed by atoms with Gasteiger partial charge in [-0.2, -0.15) is 0 Å². The Hall–Kier alpha value is -3.52. The van der Waals surface area contributed by atoms with E-state index in [0.717, 1.165) is 0 Å². The molecule has 1 fully saturated rings. The second-order valence-electron chi connectivity index (χ2n) is 8.11. The highest BCUT2D eigenvalue weighted by Gasteiger charge is 2.47. The highest BCUT2D eigenvalue weighted by atomic mass is 16.5.